The van der Waals surface area contributed by atoms with Crippen LogP contribution in [0.2, 0.25) is 0 Å². The summed E-state index contributed by atoms with van der Waals surface area (Å²) >= 11 is 0. The average Bonchev–Trinajstić information content (AvgIpc) is 2.52. The molecule has 116 valence electrons. The van der Waals surface area contributed by atoms with Gasteiger partial charge in [0.25, 0.3) is 5.91 Å². The number of benzene rings is 1. The number of hydrogen-bond donors (Lipinski definition) is 2. The molecule has 22 heavy (non-hydrogen) atoms. The molecule has 0 saturated carbocycles. The standard InChI is InChI=1S/C16H19N3O3/c1-10(2)9-17-15(20)14-8-13(18-16(21)19-14)11-5-4-6-12(7-11)22-3/h4-8,10H,9H2,1-3H3,(H,17,20)(H,18,19,21). The minimum Gasteiger partial charge on any atom is -0.497 e. The molecular weight excluding hydrogens is 282 g/mol. The number of nitrogens with one attached hydrogen (secondary N) is 2. The van der Waals surface area contributed by atoms with Crippen LogP contribution in [0.25, 0.3) is 11.3 Å². The summed E-state index contributed by atoms with van der Waals surface area (Å²) in [5, 5.41) is 2.77. The SMILES string of the molecule is COc1cccc(-c2cc(C(=O)NCC(C)C)[nH]c(=O)n2)c1. The van der Waals surface area contributed by atoms with Crippen LogP contribution in [0, 0.1) is 5.92 Å². The topological polar surface area (TPSA) is 84.1 Å². The molecule has 2 N–H and O–H groups in total. The first-order chi connectivity index (χ1) is 10.5. The van der Waals surface area contributed by atoms with Gasteiger partial charge in [-0.15, -0.1) is 0 Å². The van der Waals surface area contributed by atoms with Gasteiger partial charge in [0.15, 0.2) is 0 Å². The number of hydrogen-bond acceptors (Lipinski definition) is 4. The Labute approximate surface area is 128 Å². The molecule has 0 saturated heterocycles. The van der Waals surface area contributed by atoms with E-state index in [1.54, 1.807) is 37.4 Å². The summed E-state index contributed by atoms with van der Waals surface area (Å²) < 4.78 is 5.16. The number of aromatic amines is 1. The van der Waals surface area contributed by atoms with Gasteiger partial charge in [0, 0.05) is 12.1 Å². The second-order valence-electron chi connectivity index (χ2n) is 5.32. The zero-order valence-electron chi connectivity index (χ0n) is 12.8. The van der Waals surface area contributed by atoms with E-state index in [-0.39, 0.29) is 11.6 Å². The van der Waals surface area contributed by atoms with Crippen molar-refractivity contribution in [3.63, 3.8) is 0 Å². The van der Waals surface area contributed by atoms with E-state index in [1.807, 2.05) is 13.8 Å². The maximum Gasteiger partial charge on any atom is 0.346 e. The number of carbonyl (C=O) groups excluding carboxylic acids is 1. The van der Waals surface area contributed by atoms with Crippen molar-refractivity contribution in [1.29, 1.82) is 0 Å². The minimum atomic E-state index is -0.560. The molecule has 1 aromatic heterocycles. The molecule has 0 unspecified atom stereocenters. The number of methoxy groups -OCH3 is 1. The van der Waals surface area contributed by atoms with Crippen molar-refractivity contribution >= 4 is 5.91 Å². The largest absolute Gasteiger partial charge is 0.497 e. The molecule has 1 amide bonds. The number of amides is 1. The van der Waals surface area contributed by atoms with Gasteiger partial charge in [-0.1, -0.05) is 26.0 Å². The van der Waals surface area contributed by atoms with Crippen molar-refractivity contribution in [3.05, 3.63) is 46.5 Å². The maximum atomic E-state index is 12.1. The first-order valence-electron chi connectivity index (χ1n) is 7.03. The van der Waals surface area contributed by atoms with Crippen molar-refractivity contribution in [2.45, 2.75) is 13.8 Å². The lowest BCUT2D eigenvalue weighted by Gasteiger charge is -2.08. The van der Waals surface area contributed by atoms with Crippen LogP contribution in [0.5, 0.6) is 5.75 Å². The van der Waals surface area contributed by atoms with E-state index in [0.29, 0.717) is 29.5 Å². The predicted molar refractivity (Wildman–Crippen MR) is 84.0 cm³/mol. The molecule has 2 rings (SSSR count). The molecule has 0 bridgehead atoms. The molecule has 0 atom stereocenters. The lowest BCUT2D eigenvalue weighted by molar-refractivity contribution is 0.0943. The lowest BCUT2D eigenvalue weighted by Crippen LogP contribution is -2.30. The molecular formula is C16H19N3O3. The average molecular weight is 301 g/mol. The number of aromatic nitrogens is 2. The summed E-state index contributed by atoms with van der Waals surface area (Å²) in [4.78, 5) is 30.1. The predicted octanol–water partition coefficient (Wildman–Crippen LogP) is 1.83. The van der Waals surface area contributed by atoms with Crippen LogP contribution in [-0.2, 0) is 0 Å². The summed E-state index contributed by atoms with van der Waals surface area (Å²) in [7, 11) is 1.56. The van der Waals surface area contributed by atoms with E-state index in [4.69, 9.17) is 4.74 Å². The van der Waals surface area contributed by atoms with Crippen molar-refractivity contribution in [1.82, 2.24) is 15.3 Å². The number of H-pyrrole nitrogens is 1. The third-order valence-corrected chi connectivity index (χ3v) is 3.03. The molecule has 0 spiro atoms. The highest BCUT2D eigenvalue weighted by Gasteiger charge is 2.11. The quantitative estimate of drug-likeness (QED) is 0.882. The summed E-state index contributed by atoms with van der Waals surface area (Å²) in [5.74, 6) is 0.665. The molecule has 6 heteroatoms. The zero-order valence-corrected chi connectivity index (χ0v) is 12.8. The van der Waals surface area contributed by atoms with Crippen molar-refractivity contribution in [2.75, 3.05) is 13.7 Å². The summed E-state index contributed by atoms with van der Waals surface area (Å²) in [6.07, 6.45) is 0. The third-order valence-electron chi connectivity index (χ3n) is 3.03. The molecule has 1 heterocycles. The first kappa shape index (κ1) is 15.8. The molecule has 0 aliphatic heterocycles. The van der Waals surface area contributed by atoms with E-state index in [0.717, 1.165) is 0 Å². The Morgan fingerprint density at radius 2 is 2.14 bits per heavy atom. The van der Waals surface area contributed by atoms with Gasteiger partial charge in [-0.05, 0) is 24.1 Å². The third kappa shape index (κ3) is 3.94. The normalized spacial score (nSPS) is 10.5. The van der Waals surface area contributed by atoms with Crippen molar-refractivity contribution in [2.24, 2.45) is 5.92 Å². The number of ether oxygens (including phenoxy) is 1. The van der Waals surface area contributed by atoms with Gasteiger partial charge in [0.05, 0.1) is 12.8 Å². The van der Waals surface area contributed by atoms with Gasteiger partial charge in [-0.2, -0.15) is 4.98 Å². The van der Waals surface area contributed by atoms with E-state index in [9.17, 15) is 9.59 Å². The van der Waals surface area contributed by atoms with Gasteiger partial charge in [0.2, 0.25) is 0 Å². The van der Waals surface area contributed by atoms with Gasteiger partial charge in [0.1, 0.15) is 11.4 Å². The van der Waals surface area contributed by atoms with Crippen LogP contribution in [0.4, 0.5) is 0 Å². The van der Waals surface area contributed by atoms with Crippen LogP contribution in [-0.4, -0.2) is 29.5 Å². The van der Waals surface area contributed by atoms with Crippen LogP contribution in [0.15, 0.2) is 35.1 Å². The van der Waals surface area contributed by atoms with E-state index >= 15 is 0 Å². The van der Waals surface area contributed by atoms with Gasteiger partial charge in [-0.3, -0.25) is 4.79 Å². The highest BCUT2D eigenvalue weighted by atomic mass is 16.5. The van der Waals surface area contributed by atoms with Crippen LogP contribution < -0.4 is 15.7 Å². The molecule has 0 aliphatic carbocycles. The highest BCUT2D eigenvalue weighted by molar-refractivity contribution is 5.93. The van der Waals surface area contributed by atoms with E-state index in [1.165, 1.54) is 0 Å². The second kappa shape index (κ2) is 6.89. The van der Waals surface area contributed by atoms with E-state index in [2.05, 4.69) is 15.3 Å². The Morgan fingerprint density at radius 1 is 1.36 bits per heavy atom. The molecule has 2 aromatic rings. The van der Waals surface area contributed by atoms with Crippen LogP contribution >= 0.6 is 0 Å². The minimum absolute atomic E-state index is 0.193. The van der Waals surface area contributed by atoms with Gasteiger partial charge in [-0.25, -0.2) is 4.79 Å². The van der Waals surface area contributed by atoms with Crippen molar-refractivity contribution in [3.8, 4) is 17.0 Å². The Balaban J connectivity index is 2.34. The van der Waals surface area contributed by atoms with Gasteiger partial charge < -0.3 is 15.0 Å². The molecule has 6 nitrogen and oxygen atoms in total. The highest BCUT2D eigenvalue weighted by Crippen LogP contribution is 2.21. The Bertz CT molecular complexity index is 723. The Kier molecular flexibility index (Phi) is 4.93. The lowest BCUT2D eigenvalue weighted by atomic mass is 10.1. The second-order valence-corrected chi connectivity index (χ2v) is 5.32. The number of carbonyl (C=O) groups is 1. The molecule has 1 aromatic carbocycles. The van der Waals surface area contributed by atoms with Crippen molar-refractivity contribution < 1.29 is 9.53 Å². The first-order valence-corrected chi connectivity index (χ1v) is 7.03. The Hall–Kier alpha value is -2.63. The number of rotatable bonds is 5. The summed E-state index contributed by atoms with van der Waals surface area (Å²) in [6, 6.07) is 8.73. The molecule has 0 fully saturated rings. The maximum absolute atomic E-state index is 12.1. The Morgan fingerprint density at radius 3 is 2.82 bits per heavy atom. The van der Waals surface area contributed by atoms with Crippen LogP contribution in [0.3, 0.4) is 0 Å². The van der Waals surface area contributed by atoms with Crippen LogP contribution in [0.1, 0.15) is 24.3 Å². The fourth-order valence-corrected chi connectivity index (χ4v) is 1.90. The fraction of sp³-hybridized carbons (Fsp3) is 0.312. The molecule has 0 aliphatic rings. The molecule has 0 radical (unpaired) electrons. The zero-order chi connectivity index (χ0) is 16.1. The fourth-order valence-electron chi connectivity index (χ4n) is 1.90. The smallest absolute Gasteiger partial charge is 0.346 e. The number of nitrogens with zero attached hydrogens (tertiary/aromatic N) is 1. The van der Waals surface area contributed by atoms with E-state index < -0.39 is 5.69 Å². The summed E-state index contributed by atoms with van der Waals surface area (Å²) in [5.41, 5.74) is 0.772. The monoisotopic (exact) mass is 301 g/mol. The summed E-state index contributed by atoms with van der Waals surface area (Å²) in [6.45, 7) is 4.53. The van der Waals surface area contributed by atoms with Gasteiger partial charge >= 0.3 is 5.69 Å².